The average molecular weight is 278 g/mol. The van der Waals surface area contributed by atoms with Crippen LogP contribution < -0.4 is 15.8 Å². The van der Waals surface area contributed by atoms with Gasteiger partial charge < -0.3 is 15.8 Å². The van der Waals surface area contributed by atoms with Gasteiger partial charge in [0.2, 0.25) is 5.91 Å². The molecular weight excluding hydrogens is 252 g/mol. The zero-order chi connectivity index (χ0) is 15.0. The number of likely N-dealkylation sites (N-methyl/N-ethyl adjacent to an activating group) is 1. The lowest BCUT2D eigenvalue weighted by Gasteiger charge is -2.25. The molecule has 0 saturated heterocycles. The van der Waals surface area contributed by atoms with Crippen LogP contribution in [0, 0.1) is 0 Å². The Kier molecular flexibility index (Phi) is 6.52. The molecule has 0 aliphatic rings. The summed E-state index contributed by atoms with van der Waals surface area (Å²) < 4.78 is 5.67. The number of hydrogen-bond acceptors (Lipinski definition) is 3. The summed E-state index contributed by atoms with van der Waals surface area (Å²) in [5, 5.41) is 2.94. The molecule has 112 valence electrons. The van der Waals surface area contributed by atoms with E-state index in [1.165, 1.54) is 18.4 Å². The lowest BCUT2D eigenvalue weighted by atomic mass is 9.98. The number of aryl methyl sites for hydroxylation is 1. The standard InChI is InChI=1S/C16H26N2O2/c1-4-5-6-13-7-9-14(10-8-13)20-12-11-16(2,18-3)15(17)19/h7-10,18H,4-6,11-12H2,1-3H3,(H2,17,19). The number of carbonyl (C=O) groups is 1. The molecule has 4 nitrogen and oxygen atoms in total. The number of nitrogens with one attached hydrogen (secondary N) is 1. The number of rotatable bonds is 9. The van der Waals surface area contributed by atoms with Gasteiger partial charge in [0.05, 0.1) is 12.1 Å². The Bertz CT molecular complexity index is 417. The molecule has 0 aliphatic heterocycles. The fourth-order valence-corrected chi connectivity index (χ4v) is 1.88. The highest BCUT2D eigenvalue weighted by Gasteiger charge is 2.28. The van der Waals surface area contributed by atoms with Crippen molar-refractivity contribution in [3.05, 3.63) is 29.8 Å². The number of amides is 1. The largest absolute Gasteiger partial charge is 0.494 e. The Labute approximate surface area is 121 Å². The van der Waals surface area contributed by atoms with E-state index in [1.807, 2.05) is 12.1 Å². The minimum absolute atomic E-state index is 0.362. The van der Waals surface area contributed by atoms with Crippen LogP contribution in [0.15, 0.2) is 24.3 Å². The maximum atomic E-state index is 11.3. The first-order valence-corrected chi connectivity index (χ1v) is 7.22. The number of nitrogens with two attached hydrogens (primary N) is 1. The molecule has 1 atom stereocenters. The van der Waals surface area contributed by atoms with Crippen molar-refractivity contribution < 1.29 is 9.53 Å². The molecule has 3 N–H and O–H groups in total. The van der Waals surface area contributed by atoms with E-state index in [-0.39, 0.29) is 5.91 Å². The molecule has 0 bridgehead atoms. The van der Waals surface area contributed by atoms with Gasteiger partial charge in [-0.05, 0) is 44.5 Å². The SMILES string of the molecule is CCCCc1ccc(OCCC(C)(NC)C(N)=O)cc1. The molecule has 1 rings (SSSR count). The summed E-state index contributed by atoms with van der Waals surface area (Å²) >= 11 is 0. The van der Waals surface area contributed by atoms with E-state index >= 15 is 0 Å². The van der Waals surface area contributed by atoms with Crippen LogP contribution in [0.5, 0.6) is 5.75 Å². The van der Waals surface area contributed by atoms with Gasteiger partial charge in [-0.2, -0.15) is 0 Å². The fraction of sp³-hybridized carbons (Fsp3) is 0.562. The van der Waals surface area contributed by atoms with Crippen LogP contribution in [-0.2, 0) is 11.2 Å². The normalized spacial score (nSPS) is 13.8. The van der Waals surface area contributed by atoms with E-state index in [0.29, 0.717) is 13.0 Å². The molecule has 0 radical (unpaired) electrons. The number of benzene rings is 1. The summed E-state index contributed by atoms with van der Waals surface area (Å²) in [7, 11) is 1.73. The second kappa shape index (κ2) is 7.90. The van der Waals surface area contributed by atoms with Gasteiger partial charge >= 0.3 is 0 Å². The van der Waals surface area contributed by atoms with Gasteiger partial charge in [-0.1, -0.05) is 25.5 Å². The summed E-state index contributed by atoms with van der Waals surface area (Å²) in [4.78, 5) is 11.3. The van der Waals surface area contributed by atoms with Crippen LogP contribution in [0.1, 0.15) is 38.7 Å². The quantitative estimate of drug-likeness (QED) is 0.728. The Balaban J connectivity index is 2.44. The van der Waals surface area contributed by atoms with Crippen molar-refractivity contribution in [3.8, 4) is 5.75 Å². The summed E-state index contributed by atoms with van der Waals surface area (Å²) in [6, 6.07) is 8.14. The smallest absolute Gasteiger partial charge is 0.237 e. The van der Waals surface area contributed by atoms with Crippen molar-refractivity contribution in [1.82, 2.24) is 5.32 Å². The van der Waals surface area contributed by atoms with E-state index in [0.717, 1.165) is 12.2 Å². The Morgan fingerprint density at radius 3 is 2.50 bits per heavy atom. The van der Waals surface area contributed by atoms with E-state index in [1.54, 1.807) is 14.0 Å². The molecule has 0 aromatic heterocycles. The third-order valence-electron chi connectivity index (χ3n) is 3.71. The van der Waals surface area contributed by atoms with E-state index in [2.05, 4.69) is 24.4 Å². The van der Waals surface area contributed by atoms with Crippen molar-refractivity contribution in [2.75, 3.05) is 13.7 Å². The van der Waals surface area contributed by atoms with Crippen LogP contribution in [0.25, 0.3) is 0 Å². The van der Waals surface area contributed by atoms with Crippen LogP contribution in [0.3, 0.4) is 0 Å². The monoisotopic (exact) mass is 278 g/mol. The predicted molar refractivity (Wildman–Crippen MR) is 81.8 cm³/mol. The molecule has 0 fully saturated rings. The molecule has 4 heteroatoms. The fourth-order valence-electron chi connectivity index (χ4n) is 1.88. The van der Waals surface area contributed by atoms with E-state index in [9.17, 15) is 4.79 Å². The van der Waals surface area contributed by atoms with E-state index < -0.39 is 5.54 Å². The van der Waals surface area contributed by atoms with Gasteiger partial charge in [0.1, 0.15) is 5.75 Å². The third-order valence-corrected chi connectivity index (χ3v) is 3.71. The van der Waals surface area contributed by atoms with Gasteiger partial charge in [0.25, 0.3) is 0 Å². The highest BCUT2D eigenvalue weighted by atomic mass is 16.5. The number of unbranched alkanes of at least 4 members (excludes halogenated alkanes) is 1. The Morgan fingerprint density at radius 1 is 1.35 bits per heavy atom. The summed E-state index contributed by atoms with van der Waals surface area (Å²) in [5.41, 5.74) is 5.98. The molecular formula is C16H26N2O2. The van der Waals surface area contributed by atoms with Crippen molar-refractivity contribution in [2.24, 2.45) is 5.73 Å². The van der Waals surface area contributed by atoms with Crippen LogP contribution in [0.4, 0.5) is 0 Å². The average Bonchev–Trinajstić information content (AvgIpc) is 2.46. The van der Waals surface area contributed by atoms with Gasteiger partial charge in [-0.15, -0.1) is 0 Å². The first-order chi connectivity index (χ1) is 9.51. The molecule has 1 aromatic rings. The van der Waals surface area contributed by atoms with Gasteiger partial charge in [-0.25, -0.2) is 0 Å². The van der Waals surface area contributed by atoms with Gasteiger partial charge in [0.15, 0.2) is 0 Å². The molecule has 0 spiro atoms. The Hall–Kier alpha value is -1.55. The summed E-state index contributed by atoms with van der Waals surface area (Å²) in [5.74, 6) is 0.465. The lowest BCUT2D eigenvalue weighted by Crippen LogP contribution is -2.52. The predicted octanol–water partition coefficient (Wildman–Crippen LogP) is 2.26. The maximum Gasteiger partial charge on any atom is 0.237 e. The van der Waals surface area contributed by atoms with Gasteiger partial charge in [-0.3, -0.25) is 4.79 Å². The molecule has 1 unspecified atom stereocenters. The second-order valence-electron chi connectivity index (χ2n) is 5.29. The number of carbonyl (C=O) groups excluding carboxylic acids is 1. The first kappa shape index (κ1) is 16.5. The van der Waals surface area contributed by atoms with Crippen molar-refractivity contribution in [3.63, 3.8) is 0 Å². The molecule has 1 amide bonds. The molecule has 1 aromatic carbocycles. The highest BCUT2D eigenvalue weighted by molar-refractivity contribution is 5.84. The number of ether oxygens (including phenoxy) is 1. The first-order valence-electron chi connectivity index (χ1n) is 7.22. The lowest BCUT2D eigenvalue weighted by molar-refractivity contribution is -0.124. The maximum absolute atomic E-state index is 11.3. The minimum Gasteiger partial charge on any atom is -0.494 e. The van der Waals surface area contributed by atoms with Crippen molar-refractivity contribution in [2.45, 2.75) is 45.1 Å². The number of hydrogen-bond donors (Lipinski definition) is 2. The molecule has 20 heavy (non-hydrogen) atoms. The molecule has 0 heterocycles. The van der Waals surface area contributed by atoms with Crippen molar-refractivity contribution in [1.29, 1.82) is 0 Å². The zero-order valence-corrected chi connectivity index (χ0v) is 12.7. The van der Waals surface area contributed by atoms with E-state index in [4.69, 9.17) is 10.5 Å². The number of primary amides is 1. The van der Waals surface area contributed by atoms with Crippen LogP contribution in [0.2, 0.25) is 0 Å². The Morgan fingerprint density at radius 2 is 2.00 bits per heavy atom. The highest BCUT2D eigenvalue weighted by Crippen LogP contribution is 2.16. The van der Waals surface area contributed by atoms with Gasteiger partial charge in [0, 0.05) is 6.42 Å². The van der Waals surface area contributed by atoms with Crippen LogP contribution >= 0.6 is 0 Å². The van der Waals surface area contributed by atoms with Crippen molar-refractivity contribution >= 4 is 5.91 Å². The molecule has 0 aliphatic carbocycles. The topological polar surface area (TPSA) is 64.3 Å². The summed E-state index contributed by atoms with van der Waals surface area (Å²) in [6.45, 7) is 4.43. The molecule has 0 saturated carbocycles. The summed E-state index contributed by atoms with van der Waals surface area (Å²) in [6.07, 6.45) is 4.06. The van der Waals surface area contributed by atoms with Crippen LogP contribution in [-0.4, -0.2) is 25.1 Å². The minimum atomic E-state index is -0.721. The third kappa shape index (κ3) is 4.85. The second-order valence-corrected chi connectivity index (χ2v) is 5.29. The zero-order valence-electron chi connectivity index (χ0n) is 12.7.